The molecule has 4 heteroatoms. The third-order valence-electron chi connectivity index (χ3n) is 10.2. The number of hydrogen-bond donors (Lipinski definition) is 0. The Morgan fingerprint density at radius 2 is 0.913 bits per heavy atom. The van der Waals surface area contributed by atoms with Crippen LogP contribution in [-0.4, -0.2) is 5.92 Å². The quantitative estimate of drug-likeness (QED) is 0.136. The predicted molar refractivity (Wildman–Crippen MR) is 205 cm³/mol. The molecule has 2 aliphatic rings. The van der Waals surface area contributed by atoms with Crippen molar-refractivity contribution in [2.24, 2.45) is 0 Å². The van der Waals surface area contributed by atoms with Crippen LogP contribution in [0.2, 0.25) is 13.1 Å². The molecule has 241 valence electrons. The molecule has 0 aliphatic heterocycles. The molecule has 2 aliphatic carbocycles. The van der Waals surface area contributed by atoms with Gasteiger partial charge in [0.05, 0.1) is 0 Å². The van der Waals surface area contributed by atoms with E-state index in [2.05, 4.69) is 150 Å². The number of fused-ring (bicyclic) bond motifs is 2. The Labute approximate surface area is 298 Å². The van der Waals surface area contributed by atoms with Crippen LogP contribution in [0.25, 0.3) is 18.7 Å². The fourth-order valence-electron chi connectivity index (χ4n) is 7.83. The zero-order valence-corrected chi connectivity index (χ0v) is 33.8. The smallest absolute Gasteiger partial charge is 0.147 e. The van der Waals surface area contributed by atoms with Gasteiger partial charge in [0.2, 0.25) is 0 Å². The van der Waals surface area contributed by atoms with Crippen LogP contribution in [-0.2, 0) is 44.6 Å². The molecule has 0 aromatic heterocycles. The van der Waals surface area contributed by atoms with Gasteiger partial charge in [-0.2, -0.15) is 0 Å². The minimum absolute atomic E-state index is 0. The maximum Gasteiger partial charge on any atom is -0.147 e. The number of unbranched alkanes of at least 4 members (excludes halogenated alkanes) is 2. The van der Waals surface area contributed by atoms with Crippen molar-refractivity contribution in [3.63, 3.8) is 0 Å². The predicted octanol–water partition coefficient (Wildman–Crippen LogP) is 8.24. The summed E-state index contributed by atoms with van der Waals surface area (Å²) in [6.45, 7) is 15.0. The zero-order valence-electron chi connectivity index (χ0n) is 28.5. The molecule has 0 N–H and O–H groups in total. The molecule has 2 atom stereocenters. The molecule has 0 fully saturated rings. The molecule has 4 aromatic rings. The number of rotatable bonds is 11. The van der Waals surface area contributed by atoms with E-state index < -0.39 is 26.8 Å². The van der Waals surface area contributed by atoms with Crippen molar-refractivity contribution >= 4 is 49.5 Å². The molecule has 46 heavy (non-hydrogen) atoms. The molecule has 0 nitrogen and oxygen atoms in total. The van der Waals surface area contributed by atoms with Crippen LogP contribution in [0.5, 0.6) is 0 Å². The van der Waals surface area contributed by atoms with Gasteiger partial charge in [0.15, 0.2) is 0 Å². The van der Waals surface area contributed by atoms with E-state index in [1.165, 1.54) is 81.7 Å². The second-order valence-electron chi connectivity index (χ2n) is 13.8. The van der Waals surface area contributed by atoms with Crippen LogP contribution in [0, 0.1) is 0 Å². The monoisotopic (exact) mass is 743 g/mol. The fraction of sp³-hybridized carbons (Fsp3) is 0.333. The summed E-state index contributed by atoms with van der Waals surface area (Å²) in [4.78, 5) is 0. The molecule has 0 heterocycles. The van der Waals surface area contributed by atoms with E-state index in [0.717, 1.165) is 0 Å². The minimum atomic E-state index is -2.47. The number of halogens is 2. The summed E-state index contributed by atoms with van der Waals surface area (Å²) in [5, 5.41) is 5.95. The van der Waals surface area contributed by atoms with Gasteiger partial charge in [-0.05, 0) is 0 Å². The molecule has 2 unspecified atom stereocenters. The largest absolute Gasteiger partial charge is 0.147 e. The van der Waals surface area contributed by atoms with Crippen LogP contribution in [0.1, 0.15) is 75.6 Å². The zero-order chi connectivity index (χ0) is 30.9. The van der Waals surface area contributed by atoms with Gasteiger partial charge in [0.25, 0.3) is 0 Å². The Balaban J connectivity index is 0.00000240. The minimum Gasteiger partial charge on any atom is -0.147 e. The summed E-state index contributed by atoms with van der Waals surface area (Å²) in [6, 6.07) is 38.2. The number of aryl methyl sites for hydroxylation is 2. The first-order chi connectivity index (χ1) is 21.3. The molecule has 0 radical (unpaired) electrons. The van der Waals surface area contributed by atoms with Gasteiger partial charge >= 0.3 is 276 Å². The first kappa shape index (κ1) is 36.9. The molecule has 6 rings (SSSR count). The molecule has 0 amide bonds. The van der Waals surface area contributed by atoms with E-state index in [4.69, 9.17) is 0 Å². The summed E-state index contributed by atoms with van der Waals surface area (Å²) in [7, 11) is 0. The van der Waals surface area contributed by atoms with Gasteiger partial charge in [-0.15, -0.1) is 24.8 Å². The SMILES string of the molecule is CCCCc1ccc(C2(C)C=c3ccccc3=[C]2[Zr]([C]2=c3ccccc3=CC2(C)c2ccc(CCCC)cc2)[SiH](C)C)cc1.Cl.Cl. The van der Waals surface area contributed by atoms with Crippen LogP contribution < -0.4 is 20.9 Å². The van der Waals surface area contributed by atoms with Crippen LogP contribution in [0.3, 0.4) is 0 Å². The van der Waals surface area contributed by atoms with Crippen LogP contribution in [0.4, 0.5) is 0 Å². The van der Waals surface area contributed by atoms with E-state index in [9.17, 15) is 0 Å². The number of hydrogen-bond acceptors (Lipinski definition) is 0. The van der Waals surface area contributed by atoms with E-state index in [-0.39, 0.29) is 35.6 Å². The summed E-state index contributed by atoms with van der Waals surface area (Å²) in [5.41, 5.74) is 5.72. The Bertz CT molecular complexity index is 1760. The summed E-state index contributed by atoms with van der Waals surface area (Å²) in [6.07, 6.45) is 12.6. The van der Waals surface area contributed by atoms with Crippen LogP contribution in [0.15, 0.2) is 97.1 Å². The average Bonchev–Trinajstić information content (AvgIpc) is 3.51. The first-order valence-corrected chi connectivity index (χ1v) is 26.6. The van der Waals surface area contributed by atoms with E-state index in [0.29, 0.717) is 0 Å². The van der Waals surface area contributed by atoms with Gasteiger partial charge in [-0.1, -0.05) is 0 Å². The molecule has 0 saturated carbocycles. The Hall–Kier alpha value is -1.96. The normalized spacial score (nSPS) is 19.5. The molecular weight excluding hydrogens is 695 g/mol. The van der Waals surface area contributed by atoms with Crippen molar-refractivity contribution in [1.29, 1.82) is 0 Å². The van der Waals surface area contributed by atoms with E-state index >= 15 is 0 Å². The van der Waals surface area contributed by atoms with Crippen molar-refractivity contribution in [2.75, 3.05) is 0 Å². The average molecular weight is 746 g/mol. The Kier molecular flexibility index (Phi) is 12.4. The molecule has 4 aromatic carbocycles. The van der Waals surface area contributed by atoms with Crippen LogP contribution >= 0.6 is 24.8 Å². The summed E-state index contributed by atoms with van der Waals surface area (Å²) >= 11 is -2.47. The summed E-state index contributed by atoms with van der Waals surface area (Å²) in [5.74, 6) is -1.09. The van der Waals surface area contributed by atoms with E-state index in [1.807, 2.05) is 6.56 Å². The Morgan fingerprint density at radius 1 is 0.543 bits per heavy atom. The standard InChI is InChI=1S/2C20H21.C2H7Si.2ClH.Zr/c2*1-3-4-7-16-10-12-19(13-11-16)20(2)14-17-8-5-6-9-18(17)15-20;1-3-2;;;/h2*5-6,8-14H,3-4,7H2,1-2H3;3H,1-2H3;2*1H;. The second-order valence-corrected chi connectivity index (χ2v) is 32.5. The second kappa shape index (κ2) is 15.5. The van der Waals surface area contributed by atoms with Gasteiger partial charge in [0, 0.05) is 0 Å². The van der Waals surface area contributed by atoms with Crippen molar-refractivity contribution in [1.82, 2.24) is 0 Å². The summed E-state index contributed by atoms with van der Waals surface area (Å²) < 4.78 is 3.62. The molecule has 0 bridgehead atoms. The Morgan fingerprint density at radius 3 is 1.26 bits per heavy atom. The third-order valence-corrected chi connectivity index (χ3v) is 29.9. The van der Waals surface area contributed by atoms with E-state index in [1.54, 1.807) is 0 Å². The molecular formula is C42H51Cl2SiZr. The third kappa shape index (κ3) is 6.80. The first-order valence-electron chi connectivity index (χ1n) is 17.0. The fourth-order valence-corrected chi connectivity index (χ4v) is 29.9. The van der Waals surface area contributed by atoms with Crippen molar-refractivity contribution in [3.05, 3.63) is 140 Å². The van der Waals surface area contributed by atoms with Gasteiger partial charge in [0.1, 0.15) is 0 Å². The maximum absolute atomic E-state index is 2.67. The van der Waals surface area contributed by atoms with Crippen molar-refractivity contribution in [2.45, 2.75) is 90.1 Å². The topological polar surface area (TPSA) is 0 Å². The van der Waals surface area contributed by atoms with Crippen molar-refractivity contribution < 1.29 is 20.9 Å². The molecule has 0 saturated heterocycles. The van der Waals surface area contributed by atoms with Gasteiger partial charge in [-0.25, -0.2) is 0 Å². The van der Waals surface area contributed by atoms with Gasteiger partial charge < -0.3 is 0 Å². The molecule has 0 spiro atoms. The van der Waals surface area contributed by atoms with Crippen molar-refractivity contribution in [3.8, 4) is 0 Å². The van der Waals surface area contributed by atoms with Gasteiger partial charge in [-0.3, -0.25) is 0 Å². The number of benzene rings is 4. The maximum atomic E-state index is 2.67.